The molecule has 2 N–H and O–H groups in total. The molecule has 0 aliphatic carbocycles. The number of hydrogen-bond donors (Lipinski definition) is 2. The first-order valence-electron chi connectivity index (χ1n) is 9.16. The van der Waals surface area contributed by atoms with Gasteiger partial charge in [-0.2, -0.15) is 0 Å². The minimum atomic E-state index is -0.366. The predicted molar refractivity (Wildman–Crippen MR) is 102 cm³/mol. The highest BCUT2D eigenvalue weighted by atomic mass is 32.1. The number of piperidine rings is 1. The lowest BCUT2D eigenvalue weighted by molar-refractivity contribution is -0.126. The molecule has 1 aromatic heterocycles. The topological polar surface area (TPSA) is 61.4 Å². The Morgan fingerprint density at radius 2 is 2.08 bits per heavy atom. The molecular weight excluding hydrogens is 346 g/mol. The number of hydrogen-bond acceptors (Lipinski definition) is 4. The summed E-state index contributed by atoms with van der Waals surface area (Å²) in [6.07, 6.45) is 2.67. The van der Waals surface area contributed by atoms with Crippen LogP contribution in [0.15, 0.2) is 35.7 Å². The number of nitrogens with one attached hydrogen (secondary N) is 2. The smallest absolute Gasteiger partial charge is 0.264 e. The van der Waals surface area contributed by atoms with Gasteiger partial charge in [0.05, 0.1) is 4.88 Å². The number of thiophene rings is 1. The Kier molecular flexibility index (Phi) is 5.04. The van der Waals surface area contributed by atoms with Crippen molar-refractivity contribution in [1.29, 1.82) is 0 Å². The van der Waals surface area contributed by atoms with Crippen molar-refractivity contribution in [3.8, 4) is 0 Å². The molecule has 6 heteroatoms. The van der Waals surface area contributed by atoms with Gasteiger partial charge in [-0.25, -0.2) is 0 Å². The summed E-state index contributed by atoms with van der Waals surface area (Å²) >= 11 is 1.43. The molecule has 1 saturated heterocycles. The highest BCUT2D eigenvalue weighted by Gasteiger charge is 2.32. The fourth-order valence-electron chi connectivity index (χ4n) is 3.75. The van der Waals surface area contributed by atoms with Gasteiger partial charge in [0.1, 0.15) is 6.04 Å². The Morgan fingerprint density at radius 1 is 1.19 bits per heavy atom. The molecule has 1 atom stereocenters. The van der Waals surface area contributed by atoms with Crippen LogP contribution in [0.4, 0.5) is 0 Å². The Bertz CT molecular complexity index is 803. The molecule has 0 bridgehead atoms. The molecule has 0 radical (unpaired) electrons. The van der Waals surface area contributed by atoms with Crippen molar-refractivity contribution in [3.63, 3.8) is 0 Å². The third-order valence-electron chi connectivity index (χ3n) is 5.17. The van der Waals surface area contributed by atoms with Gasteiger partial charge in [-0.3, -0.25) is 9.59 Å². The highest BCUT2D eigenvalue weighted by Crippen LogP contribution is 2.22. The maximum absolute atomic E-state index is 12.8. The van der Waals surface area contributed by atoms with Crippen LogP contribution in [0.2, 0.25) is 0 Å². The lowest BCUT2D eigenvalue weighted by Gasteiger charge is -2.34. The number of amides is 2. The molecule has 0 saturated carbocycles. The summed E-state index contributed by atoms with van der Waals surface area (Å²) in [5.41, 5.74) is 3.75. The number of nitrogens with zero attached hydrogens (tertiary/aromatic N) is 1. The fourth-order valence-corrected chi connectivity index (χ4v) is 4.43. The van der Waals surface area contributed by atoms with E-state index >= 15 is 0 Å². The molecule has 3 heterocycles. The van der Waals surface area contributed by atoms with E-state index in [0.717, 1.165) is 37.9 Å². The van der Waals surface area contributed by atoms with Crippen molar-refractivity contribution in [2.45, 2.75) is 44.9 Å². The van der Waals surface area contributed by atoms with E-state index in [0.29, 0.717) is 18.0 Å². The van der Waals surface area contributed by atoms with E-state index in [1.165, 1.54) is 22.5 Å². The van der Waals surface area contributed by atoms with Crippen LogP contribution in [0, 0.1) is 0 Å². The van der Waals surface area contributed by atoms with Crippen LogP contribution in [0.1, 0.15) is 45.6 Å². The van der Waals surface area contributed by atoms with Gasteiger partial charge in [0.25, 0.3) is 5.91 Å². The van der Waals surface area contributed by atoms with E-state index < -0.39 is 0 Å². The second-order valence-electron chi connectivity index (χ2n) is 6.91. The van der Waals surface area contributed by atoms with Crippen molar-refractivity contribution >= 4 is 23.2 Å². The van der Waals surface area contributed by atoms with E-state index in [4.69, 9.17) is 0 Å². The summed E-state index contributed by atoms with van der Waals surface area (Å²) in [6, 6.07) is 9.69. The molecule has 1 unspecified atom stereocenters. The molecule has 136 valence electrons. The lowest BCUT2D eigenvalue weighted by Crippen LogP contribution is -2.51. The van der Waals surface area contributed by atoms with Crippen molar-refractivity contribution in [3.05, 3.63) is 57.3 Å². The Morgan fingerprint density at radius 3 is 2.92 bits per heavy atom. The average Bonchev–Trinajstić information content (AvgIpc) is 3.36. The molecule has 5 nitrogen and oxygen atoms in total. The van der Waals surface area contributed by atoms with Crippen LogP contribution in [-0.4, -0.2) is 29.3 Å². The van der Waals surface area contributed by atoms with Gasteiger partial charge in [0.2, 0.25) is 5.91 Å². The van der Waals surface area contributed by atoms with Gasteiger partial charge in [-0.15, -0.1) is 11.3 Å². The first-order chi connectivity index (χ1) is 12.7. The minimum absolute atomic E-state index is 0.0246. The molecule has 2 aliphatic rings. The molecular formula is C20H23N3O2S. The van der Waals surface area contributed by atoms with E-state index in [1.807, 2.05) is 17.5 Å². The number of carbonyl (C=O) groups is 2. The number of likely N-dealkylation sites (tertiary alicyclic amines) is 1. The summed E-state index contributed by atoms with van der Waals surface area (Å²) in [5.74, 6) is -0.0725. The number of fused-ring (bicyclic) bond motifs is 1. The third kappa shape index (κ3) is 3.52. The Hall–Kier alpha value is -2.18. The average molecular weight is 369 g/mol. The maximum Gasteiger partial charge on any atom is 0.264 e. The van der Waals surface area contributed by atoms with Crippen molar-refractivity contribution in [2.75, 3.05) is 6.54 Å². The Balaban J connectivity index is 1.41. The molecule has 2 aliphatic heterocycles. The summed E-state index contributed by atoms with van der Waals surface area (Å²) in [5, 5.41) is 8.27. The van der Waals surface area contributed by atoms with Gasteiger partial charge in [-0.05, 0) is 47.4 Å². The molecule has 4 rings (SSSR count). The maximum atomic E-state index is 12.8. The van der Waals surface area contributed by atoms with Crippen LogP contribution in [0.5, 0.6) is 0 Å². The van der Waals surface area contributed by atoms with E-state index in [9.17, 15) is 9.59 Å². The molecule has 1 fully saturated rings. The van der Waals surface area contributed by atoms with E-state index in [2.05, 4.69) is 28.8 Å². The standard InChI is InChI=1S/C20H23N3O2S/c24-19(22-11-14-6-7-15-12-21-13-16(15)10-14)17-4-1-2-8-23(17)20(25)18-5-3-9-26-18/h3,5-7,9-10,17,21H,1-2,4,8,11-13H2,(H,22,24). The van der Waals surface area contributed by atoms with Crippen molar-refractivity contribution < 1.29 is 9.59 Å². The minimum Gasteiger partial charge on any atom is -0.350 e. The van der Waals surface area contributed by atoms with Gasteiger partial charge in [-0.1, -0.05) is 24.3 Å². The number of rotatable bonds is 4. The molecule has 2 aromatic rings. The largest absolute Gasteiger partial charge is 0.350 e. The molecule has 2 amide bonds. The summed E-state index contributed by atoms with van der Waals surface area (Å²) in [6.45, 7) is 2.97. The van der Waals surface area contributed by atoms with Crippen molar-refractivity contribution in [1.82, 2.24) is 15.5 Å². The first kappa shape index (κ1) is 17.2. The van der Waals surface area contributed by atoms with Crippen LogP contribution in [0.25, 0.3) is 0 Å². The zero-order valence-electron chi connectivity index (χ0n) is 14.7. The zero-order valence-corrected chi connectivity index (χ0v) is 15.5. The SMILES string of the molecule is O=C(NCc1ccc2c(c1)CNC2)C1CCCCN1C(=O)c1cccs1. The van der Waals surface area contributed by atoms with Gasteiger partial charge >= 0.3 is 0 Å². The van der Waals surface area contributed by atoms with Crippen LogP contribution in [-0.2, 0) is 24.4 Å². The summed E-state index contributed by atoms with van der Waals surface area (Å²) in [4.78, 5) is 28.0. The van der Waals surface area contributed by atoms with E-state index in [-0.39, 0.29) is 17.9 Å². The lowest BCUT2D eigenvalue weighted by atomic mass is 10.0. The van der Waals surface area contributed by atoms with Gasteiger partial charge in [0.15, 0.2) is 0 Å². The van der Waals surface area contributed by atoms with Crippen LogP contribution >= 0.6 is 11.3 Å². The summed E-state index contributed by atoms with van der Waals surface area (Å²) < 4.78 is 0. The second kappa shape index (κ2) is 7.60. The highest BCUT2D eigenvalue weighted by molar-refractivity contribution is 7.12. The van der Waals surface area contributed by atoms with Gasteiger partial charge < -0.3 is 15.5 Å². The van der Waals surface area contributed by atoms with Crippen LogP contribution < -0.4 is 10.6 Å². The zero-order chi connectivity index (χ0) is 17.9. The van der Waals surface area contributed by atoms with Gasteiger partial charge in [0, 0.05) is 26.2 Å². The monoisotopic (exact) mass is 369 g/mol. The molecule has 1 aromatic carbocycles. The first-order valence-corrected chi connectivity index (χ1v) is 10.0. The molecule has 26 heavy (non-hydrogen) atoms. The quantitative estimate of drug-likeness (QED) is 0.871. The van der Waals surface area contributed by atoms with Crippen molar-refractivity contribution in [2.24, 2.45) is 0 Å². The molecule has 0 spiro atoms. The second-order valence-corrected chi connectivity index (χ2v) is 7.86. The Labute approximate surface area is 157 Å². The predicted octanol–water partition coefficient (Wildman–Crippen LogP) is 2.66. The number of carbonyl (C=O) groups excluding carboxylic acids is 2. The van der Waals surface area contributed by atoms with E-state index in [1.54, 1.807) is 4.90 Å². The summed E-state index contributed by atoms with van der Waals surface area (Å²) in [7, 11) is 0. The third-order valence-corrected chi connectivity index (χ3v) is 6.02. The normalized spacial score (nSPS) is 19.2. The van der Waals surface area contributed by atoms with Crippen LogP contribution in [0.3, 0.4) is 0 Å². The fraction of sp³-hybridized carbons (Fsp3) is 0.400. The number of benzene rings is 1.